The minimum Gasteiger partial charge on any atom is -0.377 e. The molecule has 6 nitrogen and oxygen atoms in total. The van der Waals surface area contributed by atoms with Crippen LogP contribution in [0.4, 0.5) is 5.69 Å². The van der Waals surface area contributed by atoms with E-state index >= 15 is 0 Å². The monoisotopic (exact) mass is 274 g/mol. The second kappa shape index (κ2) is 6.87. The second-order valence-electron chi connectivity index (χ2n) is 4.56. The van der Waals surface area contributed by atoms with Crippen LogP contribution in [0.1, 0.15) is 19.0 Å². The van der Waals surface area contributed by atoms with Crippen LogP contribution in [-0.2, 0) is 9.53 Å². The highest BCUT2D eigenvalue weighted by molar-refractivity contribution is 5.86. The molecule has 20 heavy (non-hydrogen) atoms. The molecule has 1 N–H and O–H groups in total. The van der Waals surface area contributed by atoms with Crippen LogP contribution < -0.4 is 10.2 Å². The Bertz CT molecular complexity index is 512. The van der Waals surface area contributed by atoms with E-state index in [0.29, 0.717) is 37.7 Å². The molecular weight excluding hydrogens is 256 g/mol. The highest BCUT2D eigenvalue weighted by Gasteiger charge is 2.30. The van der Waals surface area contributed by atoms with E-state index in [0.717, 1.165) is 6.42 Å². The topological polar surface area (TPSA) is 78.2 Å². The van der Waals surface area contributed by atoms with E-state index in [2.05, 4.69) is 16.4 Å². The lowest BCUT2D eigenvalue weighted by Gasteiger charge is -2.36. The third-order valence-electron chi connectivity index (χ3n) is 3.18. The first-order valence-corrected chi connectivity index (χ1v) is 6.75. The summed E-state index contributed by atoms with van der Waals surface area (Å²) >= 11 is 0. The quantitative estimate of drug-likeness (QED) is 0.873. The number of hydrogen-bond donors (Lipinski definition) is 1. The molecule has 0 aliphatic carbocycles. The molecule has 1 saturated heterocycles. The number of aromatic nitrogens is 1. The molecule has 1 unspecified atom stereocenters. The molecule has 1 amide bonds. The van der Waals surface area contributed by atoms with E-state index in [1.165, 1.54) is 0 Å². The fourth-order valence-electron chi connectivity index (χ4n) is 2.19. The average molecular weight is 274 g/mol. The molecule has 106 valence electrons. The average Bonchev–Trinajstić information content (AvgIpc) is 2.52. The Hall–Kier alpha value is -2.13. The third kappa shape index (κ3) is 3.06. The Morgan fingerprint density at radius 3 is 3.30 bits per heavy atom. The Morgan fingerprint density at radius 1 is 1.70 bits per heavy atom. The summed E-state index contributed by atoms with van der Waals surface area (Å²) in [6.45, 7) is 4.09. The summed E-state index contributed by atoms with van der Waals surface area (Å²) in [5.74, 6) is -0.0701. The lowest BCUT2D eigenvalue weighted by molar-refractivity contribution is -0.124. The zero-order valence-corrected chi connectivity index (χ0v) is 11.5. The molecular formula is C14H18N4O2. The molecule has 0 radical (unpaired) electrons. The largest absolute Gasteiger partial charge is 0.377 e. The third-order valence-corrected chi connectivity index (χ3v) is 3.18. The van der Waals surface area contributed by atoms with Crippen molar-refractivity contribution in [3.05, 3.63) is 24.0 Å². The van der Waals surface area contributed by atoms with Gasteiger partial charge in [0.05, 0.1) is 18.9 Å². The molecule has 6 heteroatoms. The van der Waals surface area contributed by atoms with Gasteiger partial charge in [0.15, 0.2) is 5.69 Å². The summed E-state index contributed by atoms with van der Waals surface area (Å²) < 4.78 is 5.40. The summed E-state index contributed by atoms with van der Waals surface area (Å²) in [5.41, 5.74) is 1.03. The van der Waals surface area contributed by atoms with Crippen molar-refractivity contribution in [1.82, 2.24) is 10.3 Å². The summed E-state index contributed by atoms with van der Waals surface area (Å²) in [5, 5.41) is 12.0. The van der Waals surface area contributed by atoms with Crippen molar-refractivity contribution < 1.29 is 9.53 Å². The van der Waals surface area contributed by atoms with Crippen LogP contribution in [0, 0.1) is 11.3 Å². The maximum Gasteiger partial charge on any atom is 0.245 e. The Kier molecular flexibility index (Phi) is 4.91. The lowest BCUT2D eigenvalue weighted by atomic mass is 10.1. The first-order chi connectivity index (χ1) is 9.77. The molecule has 1 aliphatic heterocycles. The van der Waals surface area contributed by atoms with Crippen molar-refractivity contribution in [1.29, 1.82) is 5.26 Å². The molecule has 0 saturated carbocycles. The normalized spacial score (nSPS) is 18.4. The van der Waals surface area contributed by atoms with Gasteiger partial charge in [-0.1, -0.05) is 6.92 Å². The van der Waals surface area contributed by atoms with Crippen LogP contribution in [0.15, 0.2) is 18.3 Å². The van der Waals surface area contributed by atoms with Gasteiger partial charge in [-0.3, -0.25) is 4.79 Å². The fourth-order valence-corrected chi connectivity index (χ4v) is 2.19. The summed E-state index contributed by atoms with van der Waals surface area (Å²) in [4.78, 5) is 18.2. The zero-order chi connectivity index (χ0) is 14.4. The van der Waals surface area contributed by atoms with Crippen LogP contribution in [0.2, 0.25) is 0 Å². The molecule has 1 aromatic heterocycles. The highest BCUT2D eigenvalue weighted by Crippen LogP contribution is 2.22. The van der Waals surface area contributed by atoms with Crippen LogP contribution in [-0.4, -0.2) is 43.2 Å². The predicted molar refractivity (Wildman–Crippen MR) is 74.2 cm³/mol. The second-order valence-corrected chi connectivity index (χ2v) is 4.56. The molecule has 1 fully saturated rings. The minimum atomic E-state index is -0.411. The number of rotatable bonds is 4. The van der Waals surface area contributed by atoms with Gasteiger partial charge < -0.3 is 15.0 Å². The van der Waals surface area contributed by atoms with Crippen LogP contribution in [0.25, 0.3) is 0 Å². The molecule has 1 aliphatic rings. The zero-order valence-electron chi connectivity index (χ0n) is 11.5. The maximum absolute atomic E-state index is 12.2. The minimum absolute atomic E-state index is 0.0701. The molecule has 1 atom stereocenters. The number of anilines is 1. The van der Waals surface area contributed by atoms with E-state index in [1.807, 2.05) is 17.9 Å². The predicted octanol–water partition coefficient (Wildman–Crippen LogP) is 0.685. The van der Waals surface area contributed by atoms with E-state index < -0.39 is 6.04 Å². The molecule has 0 bridgehead atoms. The summed E-state index contributed by atoms with van der Waals surface area (Å²) in [6, 6.07) is 5.25. The van der Waals surface area contributed by atoms with E-state index in [9.17, 15) is 4.79 Å². The Balaban J connectivity index is 2.22. The molecule has 2 rings (SSSR count). The number of nitrogens with zero attached hydrogens (tertiary/aromatic N) is 3. The SMILES string of the molecule is CCCNC(=O)C1COCCN1c1cccnc1C#N. The van der Waals surface area contributed by atoms with Gasteiger partial charge in [0.25, 0.3) is 0 Å². The van der Waals surface area contributed by atoms with Gasteiger partial charge in [-0.2, -0.15) is 5.26 Å². The smallest absolute Gasteiger partial charge is 0.245 e. The first-order valence-electron chi connectivity index (χ1n) is 6.75. The standard InChI is InChI=1S/C14H18N4O2/c1-2-5-17-14(19)13-10-20-8-7-18(13)12-4-3-6-16-11(12)9-15/h3-4,6,13H,2,5,7-8,10H2,1H3,(H,17,19). The van der Waals surface area contributed by atoms with Crippen molar-refractivity contribution >= 4 is 11.6 Å². The number of carbonyl (C=O) groups is 1. The lowest BCUT2D eigenvalue weighted by Crippen LogP contribution is -2.54. The Labute approximate surface area is 118 Å². The summed E-state index contributed by atoms with van der Waals surface area (Å²) in [7, 11) is 0. The summed E-state index contributed by atoms with van der Waals surface area (Å²) in [6.07, 6.45) is 2.46. The van der Waals surface area contributed by atoms with Gasteiger partial charge in [-0.05, 0) is 18.6 Å². The fraction of sp³-hybridized carbons (Fsp3) is 0.500. The number of carbonyl (C=O) groups excluding carboxylic acids is 1. The van der Waals surface area contributed by atoms with Gasteiger partial charge >= 0.3 is 0 Å². The van der Waals surface area contributed by atoms with Gasteiger partial charge in [0.2, 0.25) is 5.91 Å². The molecule has 2 heterocycles. The van der Waals surface area contributed by atoms with Crippen molar-refractivity contribution in [2.45, 2.75) is 19.4 Å². The van der Waals surface area contributed by atoms with Crippen molar-refractivity contribution in [2.24, 2.45) is 0 Å². The van der Waals surface area contributed by atoms with Gasteiger partial charge in [0.1, 0.15) is 12.1 Å². The number of pyridine rings is 1. The van der Waals surface area contributed by atoms with Crippen LogP contribution in [0.5, 0.6) is 0 Å². The van der Waals surface area contributed by atoms with Gasteiger partial charge in [-0.15, -0.1) is 0 Å². The van der Waals surface area contributed by atoms with Crippen molar-refractivity contribution in [2.75, 3.05) is 31.2 Å². The number of morpholine rings is 1. The number of nitriles is 1. The van der Waals surface area contributed by atoms with E-state index in [4.69, 9.17) is 10.00 Å². The number of hydrogen-bond acceptors (Lipinski definition) is 5. The van der Waals surface area contributed by atoms with Crippen molar-refractivity contribution in [3.8, 4) is 6.07 Å². The van der Waals surface area contributed by atoms with E-state index in [-0.39, 0.29) is 5.91 Å². The molecule has 0 aromatic carbocycles. The van der Waals surface area contributed by atoms with Crippen LogP contribution in [0.3, 0.4) is 0 Å². The first kappa shape index (κ1) is 14.3. The van der Waals surface area contributed by atoms with Crippen molar-refractivity contribution in [3.63, 3.8) is 0 Å². The highest BCUT2D eigenvalue weighted by atomic mass is 16.5. The molecule has 1 aromatic rings. The molecule has 0 spiro atoms. The van der Waals surface area contributed by atoms with Gasteiger partial charge in [-0.25, -0.2) is 4.98 Å². The van der Waals surface area contributed by atoms with Gasteiger partial charge in [0, 0.05) is 19.3 Å². The Morgan fingerprint density at radius 2 is 2.55 bits per heavy atom. The van der Waals surface area contributed by atoms with E-state index in [1.54, 1.807) is 12.3 Å². The number of nitrogens with one attached hydrogen (secondary N) is 1. The number of ether oxygens (including phenoxy) is 1. The number of amides is 1. The maximum atomic E-state index is 12.2. The van der Waals surface area contributed by atoms with Crippen LogP contribution >= 0.6 is 0 Å².